The molecule has 1 aromatic rings. The fourth-order valence-electron chi connectivity index (χ4n) is 3.00. The van der Waals surface area contributed by atoms with Crippen LogP contribution in [0, 0.1) is 0 Å². The number of nitrogens with zero attached hydrogens (tertiary/aromatic N) is 3. The molecule has 1 aliphatic heterocycles. The van der Waals surface area contributed by atoms with Crippen LogP contribution in [0.15, 0.2) is 10.4 Å². The fourth-order valence-corrected chi connectivity index (χ4v) is 4.02. The molecule has 0 amide bonds. The number of nitrogens with one attached hydrogen (secondary N) is 2. The number of hydrogen-bond donors (Lipinski definition) is 2. The first-order chi connectivity index (χ1) is 12.8. The standard InChI is InChI=1S/C19H33F2N5S.HI/c1-5-22-18(24-14-7-10-26(11-8-14)12-16(20)21)23-9-6-17-25-15(13-27-17)19(2,3)4;/h13-14,16H,5-12H2,1-4H3,(H2,22,23,24);1H. The lowest BCUT2D eigenvalue weighted by molar-refractivity contribution is 0.0744. The molecule has 2 heterocycles. The zero-order chi connectivity index (χ0) is 19.9. The van der Waals surface area contributed by atoms with Gasteiger partial charge in [0.1, 0.15) is 0 Å². The molecule has 2 N–H and O–H groups in total. The van der Waals surface area contributed by atoms with Crippen molar-refractivity contribution in [1.82, 2.24) is 20.5 Å². The molecular weight excluding hydrogens is 495 g/mol. The normalized spacial score (nSPS) is 16.9. The molecule has 0 radical (unpaired) electrons. The topological polar surface area (TPSA) is 52.6 Å². The van der Waals surface area contributed by atoms with Crippen molar-refractivity contribution >= 4 is 41.3 Å². The van der Waals surface area contributed by atoms with Gasteiger partial charge >= 0.3 is 0 Å². The summed E-state index contributed by atoms with van der Waals surface area (Å²) in [5.41, 5.74) is 1.21. The van der Waals surface area contributed by atoms with Gasteiger partial charge in [-0.1, -0.05) is 20.8 Å². The summed E-state index contributed by atoms with van der Waals surface area (Å²) in [7, 11) is 0. The number of piperidine rings is 1. The molecule has 0 spiro atoms. The molecule has 1 aromatic heterocycles. The lowest BCUT2D eigenvalue weighted by atomic mass is 9.93. The molecule has 0 atom stereocenters. The highest BCUT2D eigenvalue weighted by Gasteiger charge is 2.22. The van der Waals surface area contributed by atoms with E-state index in [1.165, 1.54) is 0 Å². The first-order valence-electron chi connectivity index (χ1n) is 9.78. The number of rotatable bonds is 7. The highest BCUT2D eigenvalue weighted by molar-refractivity contribution is 14.0. The molecule has 28 heavy (non-hydrogen) atoms. The zero-order valence-corrected chi connectivity index (χ0v) is 20.4. The number of aliphatic imine (C=N–C) groups is 1. The first kappa shape index (κ1) is 25.5. The van der Waals surface area contributed by atoms with Crippen LogP contribution >= 0.6 is 35.3 Å². The summed E-state index contributed by atoms with van der Waals surface area (Å²) in [6.45, 7) is 11.3. The molecule has 9 heteroatoms. The summed E-state index contributed by atoms with van der Waals surface area (Å²) >= 11 is 1.69. The summed E-state index contributed by atoms with van der Waals surface area (Å²) in [6.07, 6.45) is 0.291. The third-order valence-electron chi connectivity index (χ3n) is 4.58. The van der Waals surface area contributed by atoms with E-state index in [1.54, 1.807) is 11.3 Å². The summed E-state index contributed by atoms with van der Waals surface area (Å²) in [5.74, 6) is 0.803. The van der Waals surface area contributed by atoms with Gasteiger partial charge in [-0.05, 0) is 19.8 Å². The Balaban J connectivity index is 0.00000392. The summed E-state index contributed by atoms with van der Waals surface area (Å²) < 4.78 is 25.0. The van der Waals surface area contributed by atoms with Crippen molar-refractivity contribution in [3.05, 3.63) is 16.1 Å². The van der Waals surface area contributed by atoms with E-state index in [0.717, 1.165) is 42.5 Å². The first-order valence-corrected chi connectivity index (χ1v) is 10.7. The van der Waals surface area contributed by atoms with Crippen molar-refractivity contribution in [2.24, 2.45) is 4.99 Å². The maximum Gasteiger partial charge on any atom is 0.251 e. The summed E-state index contributed by atoms with van der Waals surface area (Å²) in [6, 6.07) is 0.282. The molecule has 2 rings (SSSR count). The van der Waals surface area contributed by atoms with Crippen LogP contribution in [0.4, 0.5) is 8.78 Å². The van der Waals surface area contributed by atoms with Crippen LogP contribution in [0.2, 0.25) is 0 Å². The molecule has 1 saturated heterocycles. The quantitative estimate of drug-likeness (QED) is 0.320. The van der Waals surface area contributed by atoms with Crippen molar-refractivity contribution in [3.8, 4) is 0 Å². The van der Waals surface area contributed by atoms with E-state index in [2.05, 4.69) is 41.8 Å². The Hall–Kier alpha value is -0.550. The van der Waals surface area contributed by atoms with Crippen LogP contribution in [0.25, 0.3) is 0 Å². The largest absolute Gasteiger partial charge is 0.357 e. The molecule has 5 nitrogen and oxygen atoms in total. The van der Waals surface area contributed by atoms with Gasteiger partial charge in [0.05, 0.1) is 17.2 Å². The molecule has 1 fully saturated rings. The van der Waals surface area contributed by atoms with Crippen molar-refractivity contribution in [2.75, 3.05) is 32.7 Å². The maximum atomic E-state index is 12.5. The van der Waals surface area contributed by atoms with Gasteiger partial charge in [-0.3, -0.25) is 9.89 Å². The molecule has 162 valence electrons. The van der Waals surface area contributed by atoms with E-state index in [-0.39, 0.29) is 42.0 Å². The van der Waals surface area contributed by atoms with Gasteiger partial charge in [0.25, 0.3) is 6.43 Å². The number of alkyl halides is 2. The SMILES string of the molecule is CCNC(=NCCc1nc(C(C)(C)C)cs1)NC1CCN(CC(F)F)CC1.I. The number of thiazole rings is 1. The third-order valence-corrected chi connectivity index (χ3v) is 5.49. The molecule has 0 bridgehead atoms. The molecule has 1 aliphatic rings. The van der Waals surface area contributed by atoms with Gasteiger partial charge in [0.15, 0.2) is 5.96 Å². The molecule has 0 aliphatic carbocycles. The lowest BCUT2D eigenvalue weighted by Gasteiger charge is -2.32. The predicted molar refractivity (Wildman–Crippen MR) is 125 cm³/mol. The van der Waals surface area contributed by atoms with Gasteiger partial charge in [-0.2, -0.15) is 0 Å². The fraction of sp³-hybridized carbons (Fsp3) is 0.789. The number of likely N-dealkylation sites (tertiary alicyclic amines) is 1. The van der Waals surface area contributed by atoms with E-state index in [9.17, 15) is 8.78 Å². The van der Waals surface area contributed by atoms with Crippen LogP contribution < -0.4 is 10.6 Å². The summed E-state index contributed by atoms with van der Waals surface area (Å²) in [4.78, 5) is 11.2. The van der Waals surface area contributed by atoms with Gasteiger partial charge in [0, 0.05) is 49.4 Å². The average Bonchev–Trinajstić information content (AvgIpc) is 3.05. The Morgan fingerprint density at radius 1 is 1.36 bits per heavy atom. The molecule has 0 aromatic carbocycles. The van der Waals surface area contributed by atoms with Crippen molar-refractivity contribution in [1.29, 1.82) is 0 Å². The Labute approximate surface area is 188 Å². The molecular formula is C19H34F2IN5S. The zero-order valence-electron chi connectivity index (χ0n) is 17.3. The third kappa shape index (κ3) is 8.86. The van der Waals surface area contributed by atoms with Gasteiger partial charge in [0.2, 0.25) is 0 Å². The number of aromatic nitrogens is 1. The van der Waals surface area contributed by atoms with Crippen LogP contribution in [0.3, 0.4) is 0 Å². The second kappa shape index (κ2) is 12.2. The Morgan fingerprint density at radius 2 is 2.04 bits per heavy atom. The minimum Gasteiger partial charge on any atom is -0.357 e. The van der Waals surface area contributed by atoms with Crippen LogP contribution in [-0.2, 0) is 11.8 Å². The van der Waals surface area contributed by atoms with Crippen LogP contribution in [-0.4, -0.2) is 61.0 Å². The van der Waals surface area contributed by atoms with Crippen molar-refractivity contribution < 1.29 is 8.78 Å². The Kier molecular flexibility index (Phi) is 11.1. The van der Waals surface area contributed by atoms with E-state index in [0.29, 0.717) is 19.6 Å². The molecule has 0 saturated carbocycles. The van der Waals surface area contributed by atoms with Gasteiger partial charge in [-0.25, -0.2) is 13.8 Å². The second-order valence-electron chi connectivity index (χ2n) is 8.00. The highest BCUT2D eigenvalue weighted by Crippen LogP contribution is 2.24. The highest BCUT2D eigenvalue weighted by atomic mass is 127. The second-order valence-corrected chi connectivity index (χ2v) is 8.94. The van der Waals surface area contributed by atoms with Crippen molar-refractivity contribution in [2.45, 2.75) is 64.8 Å². The predicted octanol–water partition coefficient (Wildman–Crippen LogP) is 3.89. The lowest BCUT2D eigenvalue weighted by Crippen LogP contribution is -2.49. The summed E-state index contributed by atoms with van der Waals surface area (Å²) in [5, 5.41) is 9.98. The van der Waals surface area contributed by atoms with E-state index < -0.39 is 6.43 Å². The minimum absolute atomic E-state index is 0. The Morgan fingerprint density at radius 3 is 2.57 bits per heavy atom. The van der Waals surface area contributed by atoms with E-state index in [1.807, 2.05) is 11.8 Å². The average molecular weight is 529 g/mol. The monoisotopic (exact) mass is 529 g/mol. The van der Waals surface area contributed by atoms with Crippen molar-refractivity contribution in [3.63, 3.8) is 0 Å². The molecule has 0 unspecified atom stereocenters. The maximum absolute atomic E-state index is 12.5. The number of guanidine groups is 1. The van der Waals surface area contributed by atoms with E-state index in [4.69, 9.17) is 4.98 Å². The number of halogens is 3. The van der Waals surface area contributed by atoms with E-state index >= 15 is 0 Å². The smallest absolute Gasteiger partial charge is 0.251 e. The van der Waals surface area contributed by atoms with Crippen LogP contribution in [0.1, 0.15) is 51.2 Å². The van der Waals surface area contributed by atoms with Crippen LogP contribution in [0.5, 0.6) is 0 Å². The minimum atomic E-state index is -2.25. The number of hydrogen-bond acceptors (Lipinski definition) is 4. The Bertz CT molecular complexity index is 595. The van der Waals surface area contributed by atoms with Gasteiger partial charge in [-0.15, -0.1) is 35.3 Å². The van der Waals surface area contributed by atoms with Gasteiger partial charge < -0.3 is 10.6 Å².